The first-order valence-electron chi connectivity index (χ1n) is 6.28. The number of anilines is 2. The van der Waals surface area contributed by atoms with Gasteiger partial charge in [-0.25, -0.2) is 0 Å². The number of thioether (sulfide) groups is 1. The zero-order valence-corrected chi connectivity index (χ0v) is 14.3. The molecule has 2 rings (SSSR count). The van der Waals surface area contributed by atoms with Crippen LogP contribution in [0.25, 0.3) is 0 Å². The summed E-state index contributed by atoms with van der Waals surface area (Å²) < 4.78 is 1.04. The average Bonchev–Trinajstić information content (AvgIpc) is 2.43. The van der Waals surface area contributed by atoms with Crippen molar-refractivity contribution in [3.63, 3.8) is 0 Å². The number of hydrogen-bond acceptors (Lipinski definition) is 3. The molecule has 0 saturated carbocycles. The number of halogens is 2. The SMILES string of the molecule is Nc1cc(NC(=O)CCSc2cccc(Br)c2)ccc1Cl. The molecule has 0 aliphatic carbocycles. The number of rotatable bonds is 5. The summed E-state index contributed by atoms with van der Waals surface area (Å²) in [6.45, 7) is 0. The number of benzene rings is 2. The monoisotopic (exact) mass is 384 g/mol. The zero-order valence-electron chi connectivity index (χ0n) is 11.1. The second-order valence-corrected chi connectivity index (χ2v) is 6.83. The highest BCUT2D eigenvalue weighted by atomic mass is 79.9. The van der Waals surface area contributed by atoms with Crippen molar-refractivity contribution in [1.29, 1.82) is 0 Å². The molecule has 1 amide bonds. The molecule has 0 aliphatic heterocycles. The van der Waals surface area contributed by atoms with Gasteiger partial charge in [-0.2, -0.15) is 0 Å². The van der Waals surface area contributed by atoms with Crippen molar-refractivity contribution in [2.24, 2.45) is 0 Å². The molecule has 0 fully saturated rings. The third kappa shape index (κ3) is 5.26. The maximum Gasteiger partial charge on any atom is 0.225 e. The van der Waals surface area contributed by atoms with Crippen molar-refractivity contribution in [3.8, 4) is 0 Å². The van der Waals surface area contributed by atoms with E-state index in [1.54, 1.807) is 30.0 Å². The van der Waals surface area contributed by atoms with Gasteiger partial charge in [0.05, 0.1) is 10.7 Å². The van der Waals surface area contributed by atoms with E-state index in [0.717, 1.165) is 9.37 Å². The summed E-state index contributed by atoms with van der Waals surface area (Å²) in [5, 5.41) is 3.29. The Bertz CT molecular complexity index is 651. The van der Waals surface area contributed by atoms with Crippen LogP contribution in [0.1, 0.15) is 6.42 Å². The molecule has 0 unspecified atom stereocenters. The zero-order chi connectivity index (χ0) is 15.2. The third-order valence-electron chi connectivity index (χ3n) is 2.67. The predicted molar refractivity (Wildman–Crippen MR) is 94.0 cm³/mol. The van der Waals surface area contributed by atoms with Crippen LogP contribution in [-0.2, 0) is 4.79 Å². The van der Waals surface area contributed by atoms with E-state index in [2.05, 4.69) is 21.2 Å². The number of carbonyl (C=O) groups excluding carboxylic acids is 1. The largest absolute Gasteiger partial charge is 0.397 e. The van der Waals surface area contributed by atoms with Crippen molar-refractivity contribution in [2.75, 3.05) is 16.8 Å². The lowest BCUT2D eigenvalue weighted by Crippen LogP contribution is -2.12. The van der Waals surface area contributed by atoms with Crippen LogP contribution in [0.5, 0.6) is 0 Å². The Labute approximate surface area is 141 Å². The van der Waals surface area contributed by atoms with E-state index < -0.39 is 0 Å². The lowest BCUT2D eigenvalue weighted by molar-refractivity contribution is -0.115. The van der Waals surface area contributed by atoms with E-state index in [9.17, 15) is 4.79 Å². The van der Waals surface area contributed by atoms with Crippen LogP contribution < -0.4 is 11.1 Å². The quantitative estimate of drug-likeness (QED) is 0.574. The first-order chi connectivity index (χ1) is 10.0. The van der Waals surface area contributed by atoms with Crippen LogP contribution in [0.2, 0.25) is 5.02 Å². The van der Waals surface area contributed by atoms with Crippen LogP contribution in [0.3, 0.4) is 0 Å². The Morgan fingerprint density at radius 2 is 2.10 bits per heavy atom. The number of nitrogens with one attached hydrogen (secondary N) is 1. The highest BCUT2D eigenvalue weighted by Crippen LogP contribution is 2.24. The van der Waals surface area contributed by atoms with Crippen LogP contribution in [-0.4, -0.2) is 11.7 Å². The lowest BCUT2D eigenvalue weighted by atomic mass is 10.2. The smallest absolute Gasteiger partial charge is 0.225 e. The van der Waals surface area contributed by atoms with E-state index in [1.807, 2.05) is 24.3 Å². The minimum absolute atomic E-state index is 0.0424. The van der Waals surface area contributed by atoms with Crippen LogP contribution in [0, 0.1) is 0 Å². The molecule has 0 bridgehead atoms. The Hall–Kier alpha value is -1.17. The van der Waals surface area contributed by atoms with E-state index in [1.165, 1.54) is 0 Å². The van der Waals surface area contributed by atoms with E-state index in [4.69, 9.17) is 17.3 Å². The number of nitrogens with two attached hydrogens (primary N) is 1. The Morgan fingerprint density at radius 1 is 1.29 bits per heavy atom. The molecule has 3 nitrogen and oxygen atoms in total. The van der Waals surface area contributed by atoms with E-state index in [0.29, 0.717) is 28.6 Å². The standard InChI is InChI=1S/C15H14BrClN2OS/c16-10-2-1-3-12(8-10)21-7-6-15(20)19-11-4-5-13(17)14(18)9-11/h1-5,8-9H,6-7,18H2,(H,19,20). The molecule has 2 aromatic carbocycles. The first kappa shape index (κ1) is 16.2. The van der Waals surface area contributed by atoms with Gasteiger partial charge < -0.3 is 11.1 Å². The molecule has 3 N–H and O–H groups in total. The number of nitrogen functional groups attached to an aromatic ring is 1. The lowest BCUT2D eigenvalue weighted by Gasteiger charge is -2.07. The Kier molecular flexibility index (Phi) is 5.96. The van der Waals surface area contributed by atoms with E-state index >= 15 is 0 Å². The fourth-order valence-electron chi connectivity index (χ4n) is 1.66. The second-order valence-electron chi connectivity index (χ2n) is 4.34. The molecule has 2 aromatic rings. The second kappa shape index (κ2) is 7.73. The highest BCUT2D eigenvalue weighted by Gasteiger charge is 2.05. The molecular weight excluding hydrogens is 372 g/mol. The molecule has 6 heteroatoms. The molecule has 0 saturated heterocycles. The van der Waals surface area contributed by atoms with Gasteiger partial charge >= 0.3 is 0 Å². The predicted octanol–water partition coefficient (Wildman–Crippen LogP) is 4.81. The van der Waals surface area contributed by atoms with E-state index in [-0.39, 0.29) is 5.91 Å². The summed E-state index contributed by atoms with van der Waals surface area (Å²) in [6, 6.07) is 13.1. The fourth-order valence-corrected chi connectivity index (χ4v) is 3.24. The van der Waals surface area contributed by atoms with Gasteiger partial charge in [-0.3, -0.25) is 4.79 Å². The summed E-state index contributed by atoms with van der Waals surface area (Å²) in [7, 11) is 0. The molecule has 0 aromatic heterocycles. The normalized spacial score (nSPS) is 10.4. The summed E-state index contributed by atoms with van der Waals surface area (Å²) in [6.07, 6.45) is 0.430. The molecule has 0 radical (unpaired) electrons. The topological polar surface area (TPSA) is 55.1 Å². The maximum absolute atomic E-state index is 11.9. The Morgan fingerprint density at radius 3 is 2.81 bits per heavy atom. The van der Waals surface area contributed by atoms with Crippen LogP contribution in [0.15, 0.2) is 51.8 Å². The molecule has 0 aliphatic rings. The Balaban J connectivity index is 1.81. The van der Waals surface area contributed by atoms with Crippen LogP contribution in [0.4, 0.5) is 11.4 Å². The average molecular weight is 386 g/mol. The van der Waals surface area contributed by atoms with Gasteiger partial charge in [0, 0.05) is 27.2 Å². The minimum Gasteiger partial charge on any atom is -0.397 e. The third-order valence-corrected chi connectivity index (χ3v) is 4.51. The number of hydrogen-bond donors (Lipinski definition) is 2. The highest BCUT2D eigenvalue weighted by molar-refractivity contribution is 9.10. The molecule has 0 atom stereocenters. The summed E-state index contributed by atoms with van der Waals surface area (Å²) in [5.41, 5.74) is 6.81. The van der Waals surface area contributed by atoms with Crippen molar-refractivity contribution in [1.82, 2.24) is 0 Å². The van der Waals surface area contributed by atoms with Crippen molar-refractivity contribution >= 4 is 56.6 Å². The van der Waals surface area contributed by atoms with Gasteiger partial charge in [0.2, 0.25) is 5.91 Å². The molecule has 110 valence electrons. The van der Waals surface area contributed by atoms with Crippen molar-refractivity contribution in [3.05, 3.63) is 52.0 Å². The summed E-state index contributed by atoms with van der Waals surface area (Å²) >= 11 is 10.9. The van der Waals surface area contributed by atoms with Gasteiger partial charge in [0.1, 0.15) is 0 Å². The van der Waals surface area contributed by atoms with Crippen molar-refractivity contribution < 1.29 is 4.79 Å². The van der Waals surface area contributed by atoms with Gasteiger partial charge in [0.15, 0.2) is 0 Å². The summed E-state index contributed by atoms with van der Waals surface area (Å²) in [5.74, 6) is 0.671. The molecule has 21 heavy (non-hydrogen) atoms. The number of carbonyl (C=O) groups is 1. The number of amides is 1. The van der Waals surface area contributed by atoms with Gasteiger partial charge in [-0.1, -0.05) is 33.6 Å². The van der Waals surface area contributed by atoms with Gasteiger partial charge in [0.25, 0.3) is 0 Å². The first-order valence-corrected chi connectivity index (χ1v) is 8.43. The fraction of sp³-hybridized carbons (Fsp3) is 0.133. The molecular formula is C15H14BrClN2OS. The summed E-state index contributed by atoms with van der Waals surface area (Å²) in [4.78, 5) is 13.0. The maximum atomic E-state index is 11.9. The van der Waals surface area contributed by atoms with Gasteiger partial charge in [-0.15, -0.1) is 11.8 Å². The van der Waals surface area contributed by atoms with Crippen LogP contribution >= 0.6 is 39.3 Å². The van der Waals surface area contributed by atoms with Crippen molar-refractivity contribution in [2.45, 2.75) is 11.3 Å². The van der Waals surface area contributed by atoms with Gasteiger partial charge in [-0.05, 0) is 36.4 Å². The molecule has 0 heterocycles. The minimum atomic E-state index is -0.0424. The molecule has 0 spiro atoms.